The van der Waals surface area contributed by atoms with E-state index in [-0.39, 0.29) is 5.91 Å². The molecule has 0 radical (unpaired) electrons. The molecule has 1 saturated carbocycles. The van der Waals surface area contributed by atoms with Crippen molar-refractivity contribution in [2.45, 2.75) is 58.0 Å². The molecule has 0 spiro atoms. The van der Waals surface area contributed by atoms with E-state index in [0.29, 0.717) is 12.5 Å². The van der Waals surface area contributed by atoms with Crippen LogP contribution < -0.4 is 5.32 Å². The van der Waals surface area contributed by atoms with Gasteiger partial charge in [-0.1, -0.05) is 37.5 Å². The van der Waals surface area contributed by atoms with E-state index >= 15 is 0 Å². The molecule has 3 rings (SSSR count). The second-order valence-electron chi connectivity index (χ2n) is 6.95. The number of aryl methyl sites for hydroxylation is 1. The highest BCUT2D eigenvalue weighted by atomic mass is 32.1. The van der Waals surface area contributed by atoms with Gasteiger partial charge in [-0.25, -0.2) is 4.98 Å². The highest BCUT2D eigenvalue weighted by Crippen LogP contribution is 2.25. The van der Waals surface area contributed by atoms with Crippen molar-refractivity contribution in [3.8, 4) is 0 Å². The van der Waals surface area contributed by atoms with Crippen LogP contribution >= 0.6 is 11.3 Å². The number of anilines is 1. The SMILES string of the molecule is Cc1nc(CC(=O)Nc2ccccc2CN(C)C2CCCCC2)cs1. The Bertz CT molecular complexity index is 706. The maximum atomic E-state index is 12.4. The van der Waals surface area contributed by atoms with E-state index in [0.717, 1.165) is 22.9 Å². The van der Waals surface area contributed by atoms with Crippen LogP contribution in [0, 0.1) is 6.92 Å². The number of nitrogens with one attached hydrogen (secondary N) is 1. The fraction of sp³-hybridized carbons (Fsp3) is 0.500. The van der Waals surface area contributed by atoms with Gasteiger partial charge in [0.15, 0.2) is 0 Å². The minimum absolute atomic E-state index is 0.00179. The molecule has 1 aromatic carbocycles. The summed E-state index contributed by atoms with van der Waals surface area (Å²) in [6.45, 7) is 2.83. The van der Waals surface area contributed by atoms with Crippen LogP contribution in [0.3, 0.4) is 0 Å². The minimum atomic E-state index is -0.00179. The number of amides is 1. The van der Waals surface area contributed by atoms with Gasteiger partial charge in [0.2, 0.25) is 5.91 Å². The molecule has 1 aliphatic rings. The molecule has 0 atom stereocenters. The van der Waals surface area contributed by atoms with E-state index in [1.807, 2.05) is 30.5 Å². The molecule has 2 aromatic rings. The Morgan fingerprint density at radius 1 is 1.28 bits per heavy atom. The first kappa shape index (κ1) is 18.1. The zero-order chi connectivity index (χ0) is 17.6. The quantitative estimate of drug-likeness (QED) is 0.833. The second kappa shape index (κ2) is 8.59. The smallest absolute Gasteiger partial charge is 0.230 e. The molecule has 1 aromatic heterocycles. The molecule has 0 bridgehead atoms. The second-order valence-corrected chi connectivity index (χ2v) is 8.01. The van der Waals surface area contributed by atoms with Crippen molar-refractivity contribution in [3.05, 3.63) is 45.9 Å². The molecule has 5 heteroatoms. The molecule has 25 heavy (non-hydrogen) atoms. The first-order valence-corrected chi connectivity index (χ1v) is 9.99. The molecule has 4 nitrogen and oxygen atoms in total. The fourth-order valence-electron chi connectivity index (χ4n) is 3.55. The largest absolute Gasteiger partial charge is 0.325 e. The van der Waals surface area contributed by atoms with E-state index < -0.39 is 0 Å². The molecule has 0 aliphatic heterocycles. The molecule has 0 saturated heterocycles. The maximum absolute atomic E-state index is 12.4. The van der Waals surface area contributed by atoms with Crippen LogP contribution in [0.25, 0.3) is 0 Å². The van der Waals surface area contributed by atoms with Crippen LogP contribution in [0.5, 0.6) is 0 Å². The lowest BCUT2D eigenvalue weighted by Gasteiger charge is -2.31. The number of benzene rings is 1. The number of hydrogen-bond acceptors (Lipinski definition) is 4. The van der Waals surface area contributed by atoms with Crippen LogP contribution in [-0.2, 0) is 17.8 Å². The lowest BCUT2D eigenvalue weighted by Crippen LogP contribution is -2.33. The van der Waals surface area contributed by atoms with Gasteiger partial charge in [-0.05, 0) is 38.4 Å². The van der Waals surface area contributed by atoms with Gasteiger partial charge < -0.3 is 5.32 Å². The average Bonchev–Trinajstić information content (AvgIpc) is 3.02. The normalized spacial score (nSPS) is 15.5. The zero-order valence-corrected chi connectivity index (χ0v) is 15.9. The van der Waals surface area contributed by atoms with Crippen LogP contribution in [0.1, 0.15) is 48.4 Å². The summed E-state index contributed by atoms with van der Waals surface area (Å²) < 4.78 is 0. The van der Waals surface area contributed by atoms with Gasteiger partial charge in [-0.15, -0.1) is 11.3 Å². The third kappa shape index (κ3) is 5.13. The van der Waals surface area contributed by atoms with Crippen molar-refractivity contribution >= 4 is 22.9 Å². The maximum Gasteiger partial charge on any atom is 0.230 e. The lowest BCUT2D eigenvalue weighted by atomic mass is 9.94. The zero-order valence-electron chi connectivity index (χ0n) is 15.1. The molecule has 1 amide bonds. The molecule has 1 heterocycles. The molecule has 1 fully saturated rings. The summed E-state index contributed by atoms with van der Waals surface area (Å²) in [5, 5.41) is 6.03. The van der Waals surface area contributed by atoms with Gasteiger partial charge in [0.25, 0.3) is 0 Å². The number of nitrogens with zero attached hydrogens (tertiary/aromatic N) is 2. The van der Waals surface area contributed by atoms with Crippen LogP contribution in [0.2, 0.25) is 0 Å². The fourth-order valence-corrected chi connectivity index (χ4v) is 4.16. The first-order valence-electron chi connectivity index (χ1n) is 9.11. The van der Waals surface area contributed by atoms with Crippen LogP contribution in [0.4, 0.5) is 5.69 Å². The highest BCUT2D eigenvalue weighted by molar-refractivity contribution is 7.09. The van der Waals surface area contributed by atoms with Gasteiger partial charge in [-0.3, -0.25) is 9.69 Å². The summed E-state index contributed by atoms with van der Waals surface area (Å²) in [4.78, 5) is 19.2. The Kier molecular flexibility index (Phi) is 6.21. The van der Waals surface area contributed by atoms with Crippen LogP contribution in [-0.4, -0.2) is 28.9 Å². The summed E-state index contributed by atoms with van der Waals surface area (Å²) in [6.07, 6.45) is 6.94. The number of carbonyl (C=O) groups excluding carboxylic acids is 1. The van der Waals surface area contributed by atoms with Gasteiger partial charge in [0.05, 0.1) is 17.1 Å². The van der Waals surface area contributed by atoms with Gasteiger partial charge in [-0.2, -0.15) is 0 Å². The summed E-state index contributed by atoms with van der Waals surface area (Å²) in [5.74, 6) is -0.00179. The predicted molar refractivity (Wildman–Crippen MR) is 104 cm³/mol. The van der Waals surface area contributed by atoms with Gasteiger partial charge in [0.1, 0.15) is 0 Å². The summed E-state index contributed by atoms with van der Waals surface area (Å²) in [5.41, 5.74) is 2.94. The average molecular weight is 358 g/mol. The number of aromatic nitrogens is 1. The minimum Gasteiger partial charge on any atom is -0.325 e. The molecule has 134 valence electrons. The first-order chi connectivity index (χ1) is 12.1. The molecular formula is C20H27N3OS. The number of carbonyl (C=O) groups is 1. The summed E-state index contributed by atoms with van der Waals surface area (Å²) >= 11 is 1.58. The standard InChI is InChI=1S/C20H27N3OS/c1-15-21-17(14-25-15)12-20(24)22-19-11-7-6-8-16(19)13-23(2)18-9-4-3-5-10-18/h6-8,11,14,18H,3-5,9-10,12-13H2,1-2H3,(H,22,24). The molecule has 1 N–H and O–H groups in total. The van der Waals surface area contributed by atoms with Crippen molar-refractivity contribution < 1.29 is 4.79 Å². The summed E-state index contributed by atoms with van der Waals surface area (Å²) in [7, 11) is 2.20. The lowest BCUT2D eigenvalue weighted by molar-refractivity contribution is -0.115. The van der Waals surface area contributed by atoms with Crippen molar-refractivity contribution in [2.75, 3.05) is 12.4 Å². The Morgan fingerprint density at radius 3 is 2.76 bits per heavy atom. The number of thiazole rings is 1. The number of para-hydroxylation sites is 1. The Balaban J connectivity index is 1.62. The predicted octanol–water partition coefficient (Wildman–Crippen LogP) is 4.40. The van der Waals surface area contributed by atoms with Crippen molar-refractivity contribution in [3.63, 3.8) is 0 Å². The van der Waals surface area contributed by atoms with E-state index in [2.05, 4.69) is 28.3 Å². The van der Waals surface area contributed by atoms with Crippen LogP contribution in [0.15, 0.2) is 29.6 Å². The Labute approximate surface area is 154 Å². The summed E-state index contributed by atoms with van der Waals surface area (Å²) in [6, 6.07) is 8.79. The van der Waals surface area contributed by atoms with E-state index in [1.54, 1.807) is 11.3 Å². The monoisotopic (exact) mass is 357 g/mol. The van der Waals surface area contributed by atoms with Gasteiger partial charge in [0, 0.05) is 23.7 Å². The van der Waals surface area contributed by atoms with Crippen molar-refractivity contribution in [2.24, 2.45) is 0 Å². The Morgan fingerprint density at radius 2 is 2.04 bits per heavy atom. The molecule has 1 aliphatic carbocycles. The van der Waals surface area contributed by atoms with E-state index in [4.69, 9.17) is 0 Å². The number of rotatable bonds is 6. The Hall–Kier alpha value is -1.72. The third-order valence-electron chi connectivity index (χ3n) is 4.92. The van der Waals surface area contributed by atoms with E-state index in [9.17, 15) is 4.79 Å². The van der Waals surface area contributed by atoms with E-state index in [1.165, 1.54) is 37.7 Å². The number of hydrogen-bond donors (Lipinski definition) is 1. The van der Waals surface area contributed by atoms with Crippen molar-refractivity contribution in [1.82, 2.24) is 9.88 Å². The third-order valence-corrected chi connectivity index (χ3v) is 5.74. The highest BCUT2D eigenvalue weighted by Gasteiger charge is 2.19. The van der Waals surface area contributed by atoms with Crippen molar-refractivity contribution in [1.29, 1.82) is 0 Å². The van der Waals surface area contributed by atoms with Gasteiger partial charge >= 0.3 is 0 Å². The molecule has 0 unspecified atom stereocenters. The topological polar surface area (TPSA) is 45.2 Å². The molecular weight excluding hydrogens is 330 g/mol.